The van der Waals surface area contributed by atoms with E-state index in [4.69, 9.17) is 4.74 Å². The zero-order chi connectivity index (χ0) is 19.1. The summed E-state index contributed by atoms with van der Waals surface area (Å²) in [5.41, 5.74) is 1.94. The van der Waals surface area contributed by atoms with Gasteiger partial charge in [-0.25, -0.2) is 0 Å². The highest BCUT2D eigenvalue weighted by atomic mass is 32.2. The molecule has 0 aliphatic heterocycles. The van der Waals surface area contributed by atoms with Gasteiger partial charge in [0.2, 0.25) is 5.91 Å². The van der Waals surface area contributed by atoms with Gasteiger partial charge >= 0.3 is 0 Å². The van der Waals surface area contributed by atoms with Gasteiger partial charge in [0.15, 0.2) is 6.20 Å². The number of carbonyl (C=O) groups excluding carboxylic acids is 1. The van der Waals surface area contributed by atoms with Crippen LogP contribution in [-0.2, 0) is 4.79 Å². The van der Waals surface area contributed by atoms with E-state index in [0.717, 1.165) is 21.6 Å². The highest BCUT2D eigenvalue weighted by molar-refractivity contribution is 7.99. The average Bonchev–Trinajstić information content (AvgIpc) is 2.72. The standard InChI is InChI=1S/C21H20N2O3S/c1-26-18-12-10-17(11-13-18)21(16-7-3-2-4-8-16)22-19(24)15-27-20-9-5-6-14-23(20)25/h2-14,21H,15H2,1H3,(H,22,24)/t21-/m1/s1. The van der Waals surface area contributed by atoms with Crippen LogP contribution < -0.4 is 14.8 Å². The Labute approximate surface area is 162 Å². The number of carbonyl (C=O) groups is 1. The molecular weight excluding hydrogens is 360 g/mol. The molecule has 3 rings (SSSR count). The fourth-order valence-electron chi connectivity index (χ4n) is 2.67. The summed E-state index contributed by atoms with van der Waals surface area (Å²) in [4.78, 5) is 12.5. The van der Waals surface area contributed by atoms with E-state index in [2.05, 4.69) is 5.32 Å². The van der Waals surface area contributed by atoms with Crippen LogP contribution in [0.4, 0.5) is 0 Å². The van der Waals surface area contributed by atoms with Gasteiger partial charge in [0.05, 0.1) is 18.9 Å². The van der Waals surface area contributed by atoms with Crippen molar-refractivity contribution >= 4 is 17.7 Å². The first-order valence-corrected chi connectivity index (χ1v) is 9.45. The number of methoxy groups -OCH3 is 1. The number of thioether (sulfide) groups is 1. The summed E-state index contributed by atoms with van der Waals surface area (Å²) in [5.74, 6) is 0.774. The maximum atomic E-state index is 12.5. The number of hydrogen-bond donors (Lipinski definition) is 1. The third-order valence-electron chi connectivity index (χ3n) is 4.03. The molecular formula is C21H20N2O3S. The molecule has 0 saturated carbocycles. The molecule has 0 fully saturated rings. The van der Waals surface area contributed by atoms with E-state index in [1.54, 1.807) is 25.3 Å². The van der Waals surface area contributed by atoms with Crippen molar-refractivity contribution in [3.05, 3.63) is 95.3 Å². The van der Waals surface area contributed by atoms with Gasteiger partial charge < -0.3 is 15.3 Å². The Hall–Kier alpha value is -2.99. The summed E-state index contributed by atoms with van der Waals surface area (Å²) in [6, 6.07) is 22.2. The zero-order valence-corrected chi connectivity index (χ0v) is 15.7. The smallest absolute Gasteiger partial charge is 0.251 e. The molecule has 0 spiro atoms. The van der Waals surface area contributed by atoms with Crippen molar-refractivity contribution < 1.29 is 14.3 Å². The summed E-state index contributed by atoms with van der Waals surface area (Å²) in [6.45, 7) is 0. The monoisotopic (exact) mass is 380 g/mol. The number of pyridine rings is 1. The van der Waals surface area contributed by atoms with Gasteiger partial charge in [0.1, 0.15) is 5.75 Å². The molecule has 1 heterocycles. The number of benzene rings is 2. The molecule has 1 aromatic heterocycles. The largest absolute Gasteiger partial charge is 0.618 e. The minimum absolute atomic E-state index is 0.145. The summed E-state index contributed by atoms with van der Waals surface area (Å²) in [6.07, 6.45) is 1.42. The second kappa shape index (κ2) is 9.09. The molecule has 0 aliphatic carbocycles. The molecule has 6 heteroatoms. The molecule has 1 N–H and O–H groups in total. The second-order valence-electron chi connectivity index (χ2n) is 5.84. The lowest BCUT2D eigenvalue weighted by Gasteiger charge is -2.20. The van der Waals surface area contributed by atoms with Crippen LogP contribution in [0.5, 0.6) is 5.75 Å². The second-order valence-corrected chi connectivity index (χ2v) is 6.83. The highest BCUT2D eigenvalue weighted by Gasteiger charge is 2.18. The summed E-state index contributed by atoms with van der Waals surface area (Å²) >= 11 is 1.21. The first kappa shape index (κ1) is 18.8. The molecule has 0 bridgehead atoms. The first-order chi connectivity index (χ1) is 13.2. The quantitative estimate of drug-likeness (QED) is 0.388. The van der Waals surface area contributed by atoms with Crippen molar-refractivity contribution in [3.8, 4) is 5.75 Å². The van der Waals surface area contributed by atoms with Crippen molar-refractivity contribution in [1.29, 1.82) is 0 Å². The van der Waals surface area contributed by atoms with E-state index in [0.29, 0.717) is 5.03 Å². The first-order valence-electron chi connectivity index (χ1n) is 8.46. The number of ether oxygens (including phenoxy) is 1. The number of rotatable bonds is 7. The Balaban J connectivity index is 1.74. The van der Waals surface area contributed by atoms with Crippen molar-refractivity contribution in [3.63, 3.8) is 0 Å². The molecule has 0 aliphatic rings. The third kappa shape index (κ3) is 5.01. The predicted molar refractivity (Wildman–Crippen MR) is 106 cm³/mol. The number of aromatic nitrogens is 1. The minimum atomic E-state index is -0.277. The van der Waals surface area contributed by atoms with Gasteiger partial charge in [0, 0.05) is 12.1 Å². The van der Waals surface area contributed by atoms with E-state index < -0.39 is 0 Å². The lowest BCUT2D eigenvalue weighted by molar-refractivity contribution is -0.645. The Bertz CT molecular complexity index is 885. The third-order valence-corrected chi connectivity index (χ3v) is 5.05. The van der Waals surface area contributed by atoms with E-state index in [1.165, 1.54) is 18.0 Å². The van der Waals surface area contributed by atoms with Crippen LogP contribution in [-0.4, -0.2) is 18.8 Å². The molecule has 1 atom stereocenters. The van der Waals surface area contributed by atoms with Crippen molar-refractivity contribution in [2.45, 2.75) is 11.1 Å². The summed E-state index contributed by atoms with van der Waals surface area (Å²) < 4.78 is 5.97. The van der Waals surface area contributed by atoms with Crippen LogP contribution in [0.3, 0.4) is 0 Å². The Morgan fingerprint density at radius 1 is 1.04 bits per heavy atom. The van der Waals surface area contributed by atoms with Crippen LogP contribution in [0.1, 0.15) is 17.2 Å². The van der Waals surface area contributed by atoms with Crippen LogP contribution in [0.2, 0.25) is 0 Å². The summed E-state index contributed by atoms with van der Waals surface area (Å²) in [5, 5.41) is 15.3. The van der Waals surface area contributed by atoms with E-state index in [9.17, 15) is 10.0 Å². The van der Waals surface area contributed by atoms with Gasteiger partial charge in [-0.3, -0.25) is 4.79 Å². The molecule has 0 unspecified atom stereocenters. The van der Waals surface area contributed by atoms with Crippen LogP contribution >= 0.6 is 11.8 Å². The lowest BCUT2D eigenvalue weighted by Crippen LogP contribution is -2.32. The summed E-state index contributed by atoms with van der Waals surface area (Å²) in [7, 11) is 1.62. The number of nitrogens with one attached hydrogen (secondary N) is 1. The maximum absolute atomic E-state index is 12.5. The van der Waals surface area contributed by atoms with Gasteiger partial charge in [-0.1, -0.05) is 42.5 Å². The average molecular weight is 380 g/mol. The van der Waals surface area contributed by atoms with Crippen molar-refractivity contribution in [2.75, 3.05) is 12.9 Å². The fraction of sp³-hybridized carbons (Fsp3) is 0.143. The minimum Gasteiger partial charge on any atom is -0.618 e. The molecule has 3 aromatic rings. The van der Waals surface area contributed by atoms with E-state index in [1.807, 2.05) is 54.6 Å². The lowest BCUT2D eigenvalue weighted by atomic mass is 9.98. The zero-order valence-electron chi connectivity index (χ0n) is 14.9. The topological polar surface area (TPSA) is 65.3 Å². The predicted octanol–water partition coefficient (Wildman–Crippen LogP) is 3.33. The van der Waals surface area contributed by atoms with Gasteiger partial charge in [0.25, 0.3) is 5.03 Å². The molecule has 27 heavy (non-hydrogen) atoms. The Morgan fingerprint density at radius 3 is 2.37 bits per heavy atom. The van der Waals surface area contributed by atoms with E-state index >= 15 is 0 Å². The number of amides is 1. The molecule has 5 nitrogen and oxygen atoms in total. The van der Waals surface area contributed by atoms with Gasteiger partial charge in [-0.05, 0) is 41.1 Å². The molecule has 0 saturated heterocycles. The van der Waals surface area contributed by atoms with Crippen LogP contribution in [0.15, 0.2) is 84.0 Å². The molecule has 1 amide bonds. The van der Waals surface area contributed by atoms with Gasteiger partial charge in [-0.2, -0.15) is 4.73 Å². The number of nitrogens with zero attached hydrogens (tertiary/aromatic N) is 1. The molecule has 0 radical (unpaired) electrons. The van der Waals surface area contributed by atoms with Crippen molar-refractivity contribution in [2.24, 2.45) is 0 Å². The van der Waals surface area contributed by atoms with Crippen LogP contribution in [0, 0.1) is 5.21 Å². The SMILES string of the molecule is COc1ccc([C@H](NC(=O)CSc2cccc[n+]2[O-])c2ccccc2)cc1. The Kier molecular flexibility index (Phi) is 6.33. The molecule has 138 valence electrons. The van der Waals surface area contributed by atoms with Gasteiger partial charge in [-0.15, -0.1) is 0 Å². The normalized spacial score (nSPS) is 11.6. The van der Waals surface area contributed by atoms with Crippen LogP contribution in [0.25, 0.3) is 0 Å². The molecule has 2 aromatic carbocycles. The van der Waals surface area contributed by atoms with Crippen molar-refractivity contribution in [1.82, 2.24) is 5.32 Å². The van der Waals surface area contributed by atoms with E-state index in [-0.39, 0.29) is 17.7 Å². The number of hydrogen-bond acceptors (Lipinski definition) is 4. The Morgan fingerprint density at radius 2 is 1.70 bits per heavy atom. The highest BCUT2D eigenvalue weighted by Crippen LogP contribution is 2.24. The fourth-order valence-corrected chi connectivity index (χ4v) is 3.39. The maximum Gasteiger partial charge on any atom is 0.251 e.